The van der Waals surface area contributed by atoms with Crippen LogP contribution in [0.3, 0.4) is 0 Å². The van der Waals surface area contributed by atoms with Crippen molar-refractivity contribution in [3.8, 4) is 17.1 Å². The molecule has 0 radical (unpaired) electrons. The molecule has 39 heavy (non-hydrogen) atoms. The van der Waals surface area contributed by atoms with E-state index >= 15 is 0 Å². The molecule has 0 spiro atoms. The van der Waals surface area contributed by atoms with E-state index in [1.54, 1.807) is 12.4 Å². The molecule has 0 atom stereocenters. The van der Waals surface area contributed by atoms with Crippen LogP contribution in [0, 0.1) is 0 Å². The minimum atomic E-state index is 0.0151. The number of nitrogens with one attached hydrogen (secondary N) is 2. The lowest BCUT2D eigenvalue weighted by molar-refractivity contribution is -0.131. The summed E-state index contributed by atoms with van der Waals surface area (Å²) in [5.74, 6) is 1.31. The van der Waals surface area contributed by atoms with E-state index in [2.05, 4.69) is 55.0 Å². The van der Waals surface area contributed by atoms with Gasteiger partial charge in [0.15, 0.2) is 0 Å². The van der Waals surface area contributed by atoms with Gasteiger partial charge in [0.25, 0.3) is 0 Å². The Balaban J connectivity index is 1.11. The van der Waals surface area contributed by atoms with Crippen LogP contribution in [0.25, 0.3) is 17.1 Å². The van der Waals surface area contributed by atoms with Gasteiger partial charge in [-0.15, -0.1) is 5.10 Å². The number of hydrogen-bond donors (Lipinski definition) is 2. The average molecular weight is 518 g/mol. The van der Waals surface area contributed by atoms with Crippen LogP contribution >= 0.6 is 0 Å². The van der Waals surface area contributed by atoms with Crippen molar-refractivity contribution in [1.29, 1.82) is 0 Å². The Morgan fingerprint density at radius 2 is 1.74 bits per heavy atom. The lowest BCUT2D eigenvalue weighted by Crippen LogP contribution is -2.37. The van der Waals surface area contributed by atoms with Gasteiger partial charge >= 0.3 is 0 Å². The lowest BCUT2D eigenvalue weighted by Gasteiger charge is -2.25. The Bertz CT molecular complexity index is 1600. The van der Waals surface area contributed by atoms with Crippen molar-refractivity contribution in [1.82, 2.24) is 39.8 Å². The number of aromatic amines is 1. The predicted octanol–water partition coefficient (Wildman–Crippen LogP) is 3.15. The van der Waals surface area contributed by atoms with Gasteiger partial charge in [0.1, 0.15) is 11.5 Å². The van der Waals surface area contributed by atoms with E-state index in [9.17, 15) is 4.79 Å². The number of anilines is 1. The van der Waals surface area contributed by atoms with E-state index < -0.39 is 0 Å². The minimum absolute atomic E-state index is 0.0151. The molecule has 194 valence electrons. The molecule has 10 nitrogen and oxygen atoms in total. The van der Waals surface area contributed by atoms with Gasteiger partial charge in [-0.1, -0.05) is 47.7 Å². The molecule has 2 aliphatic rings. The van der Waals surface area contributed by atoms with E-state index in [-0.39, 0.29) is 18.4 Å². The SMILES string of the molecule is O=C(Cc1cn(-c2ccccc2)c(-c2cnc(NC3Cc4ccccc4C3)nc2)n1)N1CCc2[nH]nnc2C1. The van der Waals surface area contributed by atoms with Crippen LogP contribution in [0.2, 0.25) is 0 Å². The third-order valence-electron chi connectivity index (χ3n) is 7.45. The molecule has 0 saturated heterocycles. The molecule has 2 aromatic carbocycles. The zero-order valence-corrected chi connectivity index (χ0v) is 21.3. The molecular weight excluding hydrogens is 490 g/mol. The van der Waals surface area contributed by atoms with Crippen molar-refractivity contribution >= 4 is 11.9 Å². The number of imidazole rings is 1. The first-order valence-corrected chi connectivity index (χ1v) is 13.2. The van der Waals surface area contributed by atoms with Gasteiger partial charge in [0.2, 0.25) is 11.9 Å². The normalized spacial score (nSPS) is 14.7. The second kappa shape index (κ2) is 9.79. The number of amides is 1. The largest absolute Gasteiger partial charge is 0.351 e. The van der Waals surface area contributed by atoms with Crippen LogP contribution in [-0.2, 0) is 37.0 Å². The smallest absolute Gasteiger partial charge is 0.229 e. The molecule has 1 aliphatic heterocycles. The summed E-state index contributed by atoms with van der Waals surface area (Å²) in [5.41, 5.74) is 7.02. The fourth-order valence-electron chi connectivity index (χ4n) is 5.45. The molecule has 0 bridgehead atoms. The molecular formula is C29H27N9O. The lowest BCUT2D eigenvalue weighted by atomic mass is 10.1. The van der Waals surface area contributed by atoms with Crippen LogP contribution in [0.15, 0.2) is 73.2 Å². The van der Waals surface area contributed by atoms with Gasteiger partial charge in [0, 0.05) is 43.3 Å². The van der Waals surface area contributed by atoms with Crippen molar-refractivity contribution in [2.45, 2.75) is 38.3 Å². The van der Waals surface area contributed by atoms with Crippen LogP contribution in [0.4, 0.5) is 5.95 Å². The van der Waals surface area contributed by atoms with E-state index in [4.69, 9.17) is 4.98 Å². The van der Waals surface area contributed by atoms with Crippen molar-refractivity contribution in [3.63, 3.8) is 0 Å². The Labute approximate surface area is 225 Å². The van der Waals surface area contributed by atoms with E-state index in [0.29, 0.717) is 30.6 Å². The third kappa shape index (κ3) is 4.65. The van der Waals surface area contributed by atoms with Crippen LogP contribution < -0.4 is 5.32 Å². The Morgan fingerprint density at radius 1 is 1.00 bits per heavy atom. The molecule has 1 aliphatic carbocycles. The summed E-state index contributed by atoms with van der Waals surface area (Å²) in [5, 5.41) is 14.4. The van der Waals surface area contributed by atoms with Crippen molar-refractivity contribution in [2.75, 3.05) is 11.9 Å². The van der Waals surface area contributed by atoms with Crippen molar-refractivity contribution in [2.24, 2.45) is 0 Å². The average Bonchev–Trinajstić information content (AvgIpc) is 3.71. The summed E-state index contributed by atoms with van der Waals surface area (Å²) >= 11 is 0. The van der Waals surface area contributed by atoms with E-state index in [1.807, 2.05) is 46.0 Å². The van der Waals surface area contributed by atoms with Crippen molar-refractivity contribution < 1.29 is 4.79 Å². The second-order valence-electron chi connectivity index (χ2n) is 10.1. The maximum atomic E-state index is 13.2. The zero-order chi connectivity index (χ0) is 26.2. The molecule has 0 fully saturated rings. The highest BCUT2D eigenvalue weighted by molar-refractivity contribution is 5.79. The Morgan fingerprint density at radius 3 is 2.51 bits per heavy atom. The summed E-state index contributed by atoms with van der Waals surface area (Å²) in [6.07, 6.45) is 8.36. The molecule has 3 aromatic heterocycles. The molecule has 2 N–H and O–H groups in total. The summed E-state index contributed by atoms with van der Waals surface area (Å²) in [4.78, 5) is 29.1. The second-order valence-corrected chi connectivity index (χ2v) is 10.1. The first-order chi connectivity index (χ1) is 19.2. The van der Waals surface area contributed by atoms with E-state index in [1.165, 1.54) is 11.1 Å². The minimum Gasteiger partial charge on any atom is -0.351 e. The fraction of sp³-hybridized carbons (Fsp3) is 0.241. The maximum absolute atomic E-state index is 13.2. The third-order valence-corrected chi connectivity index (χ3v) is 7.45. The van der Waals surface area contributed by atoms with Crippen LogP contribution in [-0.4, -0.2) is 58.3 Å². The number of carbonyl (C=O) groups is 1. The first-order valence-electron chi connectivity index (χ1n) is 13.2. The number of H-pyrrole nitrogens is 1. The molecule has 4 heterocycles. The van der Waals surface area contributed by atoms with Gasteiger partial charge in [-0.25, -0.2) is 15.0 Å². The Kier molecular flexibility index (Phi) is 5.84. The molecule has 1 amide bonds. The molecule has 0 saturated carbocycles. The van der Waals surface area contributed by atoms with Gasteiger partial charge in [-0.2, -0.15) is 0 Å². The zero-order valence-electron chi connectivity index (χ0n) is 21.3. The predicted molar refractivity (Wildman–Crippen MR) is 145 cm³/mol. The van der Waals surface area contributed by atoms with Crippen molar-refractivity contribution in [3.05, 3.63) is 101 Å². The van der Waals surface area contributed by atoms with Gasteiger partial charge in [0.05, 0.1) is 29.9 Å². The number of fused-ring (bicyclic) bond motifs is 2. The van der Waals surface area contributed by atoms with Gasteiger partial charge < -0.3 is 10.2 Å². The molecule has 0 unspecified atom stereocenters. The number of benzene rings is 2. The Hall–Kier alpha value is -4.86. The topological polar surface area (TPSA) is 118 Å². The van der Waals surface area contributed by atoms with E-state index in [0.717, 1.165) is 41.9 Å². The number of para-hydroxylation sites is 1. The number of carbonyl (C=O) groups excluding carboxylic acids is 1. The quantitative estimate of drug-likeness (QED) is 0.355. The monoisotopic (exact) mass is 517 g/mol. The molecule has 7 rings (SSSR count). The molecule has 10 heteroatoms. The number of aromatic nitrogens is 7. The fourth-order valence-corrected chi connectivity index (χ4v) is 5.45. The highest BCUT2D eigenvalue weighted by Gasteiger charge is 2.25. The summed E-state index contributed by atoms with van der Waals surface area (Å²) in [6, 6.07) is 18.8. The summed E-state index contributed by atoms with van der Waals surface area (Å²) < 4.78 is 1.99. The van der Waals surface area contributed by atoms with Gasteiger partial charge in [-0.05, 0) is 36.1 Å². The first kappa shape index (κ1) is 23.3. The highest BCUT2D eigenvalue weighted by Crippen LogP contribution is 2.26. The molecule has 5 aromatic rings. The highest BCUT2D eigenvalue weighted by atomic mass is 16.2. The number of rotatable bonds is 6. The standard InChI is InChI=1S/C29H27N9O/c39-27(37-11-10-25-26(18-37)35-36-34-25)14-23-17-38(24-8-2-1-3-9-24)28(32-23)21-15-30-29(31-16-21)33-22-12-19-6-4-5-7-20(19)13-22/h1-9,15-17,22H,10-14,18H2,(H,30,31,33)(H,34,35,36). The summed E-state index contributed by atoms with van der Waals surface area (Å²) in [6.45, 7) is 1.10. The maximum Gasteiger partial charge on any atom is 0.229 e. The van der Waals surface area contributed by atoms with Crippen LogP contribution in [0.1, 0.15) is 28.2 Å². The number of nitrogens with zero attached hydrogens (tertiary/aromatic N) is 7. The van der Waals surface area contributed by atoms with Crippen LogP contribution in [0.5, 0.6) is 0 Å². The van der Waals surface area contributed by atoms with Gasteiger partial charge in [-0.3, -0.25) is 14.5 Å². The summed E-state index contributed by atoms with van der Waals surface area (Å²) in [7, 11) is 0. The number of hydrogen-bond acceptors (Lipinski definition) is 7.